The van der Waals surface area contributed by atoms with Crippen molar-refractivity contribution in [3.05, 3.63) is 89.3 Å². The van der Waals surface area contributed by atoms with Crippen LogP contribution in [0.25, 0.3) is 0 Å². The molecule has 56 heavy (non-hydrogen) atoms. The van der Waals surface area contributed by atoms with Crippen molar-refractivity contribution in [2.24, 2.45) is 5.92 Å². The summed E-state index contributed by atoms with van der Waals surface area (Å²) in [6.45, 7) is 15.0. The standard InChI is InChI=1S/C43H59N7O5Si/c1-30(2)11-10-12-31(3)17-25-48-37-16-15-35(49-29-50(34-13-8-7-9-14-34)42(40(49)52)20-22-44-23-21-42)27-36(37)43(41(48)53)32(4)39(56(5,6)54)38(55-43)18-24-47-28-33(19-26-51)45-46-47/h7-9,11,13-17,27-28,32,38-39,44,51,54H,10,12,18-26,29H2,1-6H3/b31-17+/t32-,38+,39-,43+/m0/s1. The third-order valence-corrected chi connectivity index (χ3v) is 15.0. The predicted octanol–water partition coefficient (Wildman–Crippen LogP) is 5.67. The van der Waals surface area contributed by atoms with Crippen molar-refractivity contribution in [3.8, 4) is 0 Å². The van der Waals surface area contributed by atoms with Crippen LogP contribution in [0.4, 0.5) is 17.1 Å². The molecule has 4 aliphatic rings. The van der Waals surface area contributed by atoms with Gasteiger partial charge < -0.3 is 29.8 Å². The van der Waals surface area contributed by atoms with Crippen molar-refractivity contribution in [1.82, 2.24) is 20.3 Å². The van der Waals surface area contributed by atoms with E-state index in [1.165, 1.54) is 11.1 Å². The molecule has 300 valence electrons. The van der Waals surface area contributed by atoms with Gasteiger partial charge in [-0.2, -0.15) is 0 Å². The van der Waals surface area contributed by atoms with Crippen LogP contribution in [0.2, 0.25) is 18.6 Å². The number of carbonyl (C=O) groups excluding carboxylic acids is 2. The monoisotopic (exact) mass is 781 g/mol. The number of fused-ring (bicyclic) bond motifs is 2. The number of allylic oxidation sites excluding steroid dienone is 3. The van der Waals surface area contributed by atoms with Crippen molar-refractivity contribution in [1.29, 1.82) is 0 Å². The van der Waals surface area contributed by atoms with E-state index < -0.39 is 25.6 Å². The molecular weight excluding hydrogens is 723 g/mol. The first-order valence-electron chi connectivity index (χ1n) is 20.3. The zero-order valence-electron chi connectivity index (χ0n) is 33.9. The highest BCUT2D eigenvalue weighted by molar-refractivity contribution is 6.71. The van der Waals surface area contributed by atoms with E-state index >= 15 is 4.79 Å². The molecule has 4 atom stereocenters. The first-order chi connectivity index (χ1) is 26.8. The third kappa shape index (κ3) is 7.28. The number of aromatic nitrogens is 3. The van der Waals surface area contributed by atoms with Gasteiger partial charge in [-0.3, -0.25) is 19.2 Å². The number of carbonyl (C=O) groups is 2. The molecule has 13 heteroatoms. The highest BCUT2D eigenvalue weighted by Gasteiger charge is 2.66. The molecule has 3 aromatic rings. The first kappa shape index (κ1) is 40.1. The summed E-state index contributed by atoms with van der Waals surface area (Å²) in [5.41, 5.74) is 4.21. The number of amides is 2. The van der Waals surface area contributed by atoms with E-state index in [9.17, 15) is 14.7 Å². The van der Waals surface area contributed by atoms with Crippen molar-refractivity contribution in [2.75, 3.05) is 47.6 Å². The number of aliphatic hydroxyl groups is 1. The molecule has 2 amide bonds. The zero-order chi connectivity index (χ0) is 39.8. The fourth-order valence-electron chi connectivity index (χ4n) is 9.73. The fraction of sp³-hybridized carbons (Fsp3) is 0.535. The smallest absolute Gasteiger partial charge is 0.264 e. The predicted molar refractivity (Wildman–Crippen MR) is 222 cm³/mol. The average Bonchev–Trinajstić information content (AvgIpc) is 3.89. The summed E-state index contributed by atoms with van der Waals surface area (Å²) in [7, 11) is -2.92. The molecule has 0 saturated carbocycles. The Balaban J connectivity index is 1.28. The largest absolute Gasteiger partial charge is 0.432 e. The van der Waals surface area contributed by atoms with Crippen molar-refractivity contribution < 1.29 is 24.2 Å². The molecule has 1 aromatic heterocycles. The molecule has 0 radical (unpaired) electrons. The number of aliphatic hydroxyl groups excluding tert-OH is 1. The van der Waals surface area contributed by atoms with Crippen LogP contribution >= 0.6 is 0 Å². The van der Waals surface area contributed by atoms with E-state index in [4.69, 9.17) is 4.74 Å². The van der Waals surface area contributed by atoms with E-state index in [1.54, 1.807) is 4.68 Å². The van der Waals surface area contributed by atoms with Crippen LogP contribution in [0.1, 0.15) is 71.1 Å². The summed E-state index contributed by atoms with van der Waals surface area (Å²) in [6, 6.07) is 16.2. The van der Waals surface area contributed by atoms with Crippen LogP contribution in [-0.2, 0) is 32.9 Å². The summed E-state index contributed by atoms with van der Waals surface area (Å²) >= 11 is 0. The number of anilines is 3. The van der Waals surface area contributed by atoms with Gasteiger partial charge >= 0.3 is 0 Å². The van der Waals surface area contributed by atoms with E-state index in [-0.39, 0.29) is 29.9 Å². The number of aryl methyl sites for hydroxylation is 1. The maximum atomic E-state index is 15.2. The zero-order valence-corrected chi connectivity index (χ0v) is 34.9. The van der Waals surface area contributed by atoms with Gasteiger partial charge in [0.2, 0.25) is 0 Å². The Morgan fingerprint density at radius 2 is 1.79 bits per heavy atom. The van der Waals surface area contributed by atoms with Gasteiger partial charge in [0.05, 0.1) is 24.2 Å². The Hall–Kier alpha value is -4.14. The number of para-hydroxylation sites is 1. The summed E-state index contributed by atoms with van der Waals surface area (Å²) in [5, 5.41) is 21.3. The maximum Gasteiger partial charge on any atom is 0.264 e. The minimum absolute atomic E-state index is 0.00742. The van der Waals surface area contributed by atoms with Crippen LogP contribution in [0.15, 0.2) is 78.0 Å². The van der Waals surface area contributed by atoms with Gasteiger partial charge in [-0.15, -0.1) is 5.10 Å². The van der Waals surface area contributed by atoms with E-state index in [2.05, 4.69) is 72.5 Å². The van der Waals surface area contributed by atoms with Crippen LogP contribution in [-0.4, -0.2) is 89.6 Å². The summed E-state index contributed by atoms with van der Waals surface area (Å²) in [6.07, 6.45) is 9.97. The lowest BCUT2D eigenvalue weighted by Crippen LogP contribution is -2.55. The molecule has 3 fully saturated rings. The third-order valence-electron chi connectivity index (χ3n) is 12.5. The molecule has 5 heterocycles. The Labute approximate surface area is 332 Å². The number of piperidine rings is 1. The summed E-state index contributed by atoms with van der Waals surface area (Å²) in [5.74, 6) is -0.405. The van der Waals surface area contributed by atoms with Gasteiger partial charge in [0, 0.05) is 60.7 Å². The second-order valence-electron chi connectivity index (χ2n) is 17.0. The van der Waals surface area contributed by atoms with Gasteiger partial charge in [-0.25, -0.2) is 0 Å². The molecule has 0 unspecified atom stereocenters. The fourth-order valence-corrected chi connectivity index (χ4v) is 12.3. The molecule has 2 spiro atoms. The Morgan fingerprint density at radius 1 is 1.04 bits per heavy atom. The molecule has 0 bridgehead atoms. The van der Waals surface area contributed by atoms with Gasteiger partial charge in [0.15, 0.2) is 13.9 Å². The van der Waals surface area contributed by atoms with Crippen molar-refractivity contribution in [2.45, 2.75) is 109 Å². The molecule has 2 aromatic carbocycles. The summed E-state index contributed by atoms with van der Waals surface area (Å²) < 4.78 is 8.93. The minimum atomic E-state index is -2.92. The van der Waals surface area contributed by atoms with Crippen molar-refractivity contribution >= 4 is 37.2 Å². The van der Waals surface area contributed by atoms with E-state index in [0.29, 0.717) is 51.1 Å². The maximum absolute atomic E-state index is 15.2. The number of hydrogen-bond donors (Lipinski definition) is 3. The number of hydrogen-bond acceptors (Lipinski definition) is 9. The van der Waals surface area contributed by atoms with Gasteiger partial charge in [0.1, 0.15) is 5.54 Å². The van der Waals surface area contributed by atoms with E-state index in [0.717, 1.165) is 48.6 Å². The van der Waals surface area contributed by atoms with Gasteiger partial charge in [-0.1, -0.05) is 53.6 Å². The van der Waals surface area contributed by atoms with E-state index in [1.807, 2.05) is 65.5 Å². The highest BCUT2D eigenvalue weighted by atomic mass is 28.4. The van der Waals surface area contributed by atoms with Crippen LogP contribution < -0.4 is 20.0 Å². The van der Waals surface area contributed by atoms with Crippen LogP contribution in [0, 0.1) is 5.92 Å². The normalized spacial score (nSPS) is 24.9. The molecule has 4 aliphatic heterocycles. The lowest BCUT2D eigenvalue weighted by Gasteiger charge is -2.39. The Bertz CT molecular complexity index is 1970. The lowest BCUT2D eigenvalue weighted by molar-refractivity contribution is -0.145. The number of nitrogens with one attached hydrogen (secondary N) is 1. The number of benzene rings is 2. The second-order valence-corrected chi connectivity index (χ2v) is 21.0. The molecule has 0 aliphatic carbocycles. The molecule has 7 rings (SSSR count). The highest BCUT2D eigenvalue weighted by Crippen LogP contribution is 2.60. The quantitative estimate of drug-likeness (QED) is 0.148. The SMILES string of the molecule is CC(C)=CCC/C(C)=C/CN1C(=O)[C@]2(O[C@H](CCn3cc(CCO)nn3)[C@@H]([Si](C)(C)O)[C@@H]2C)c2cc(N3CN(c4ccccc4)C4(CCNCC4)C3=O)ccc21. The number of nitrogens with zero attached hydrogens (tertiary/aromatic N) is 6. The molecule has 12 nitrogen and oxygen atoms in total. The van der Waals surface area contributed by atoms with Crippen molar-refractivity contribution in [3.63, 3.8) is 0 Å². The second kappa shape index (κ2) is 16.0. The number of ether oxygens (including phenoxy) is 1. The van der Waals surface area contributed by atoms with Crippen LogP contribution in [0.5, 0.6) is 0 Å². The van der Waals surface area contributed by atoms with Crippen LogP contribution in [0.3, 0.4) is 0 Å². The average molecular weight is 782 g/mol. The van der Waals surface area contributed by atoms with Gasteiger partial charge in [-0.05, 0) is 109 Å². The lowest BCUT2D eigenvalue weighted by atomic mass is 9.82. The first-order valence-corrected chi connectivity index (χ1v) is 23.3. The van der Waals surface area contributed by atoms with Gasteiger partial charge in [0.25, 0.3) is 11.8 Å². The molecule has 3 N–H and O–H groups in total. The minimum Gasteiger partial charge on any atom is -0.432 e. The molecule has 3 saturated heterocycles. The summed E-state index contributed by atoms with van der Waals surface area (Å²) in [4.78, 5) is 47.9. The Kier molecular flexibility index (Phi) is 11.5. The number of rotatable bonds is 13. The Morgan fingerprint density at radius 3 is 2.48 bits per heavy atom. The molecular formula is C43H59N7O5Si. The topological polar surface area (TPSA) is 136 Å².